The zero-order valence-electron chi connectivity index (χ0n) is 18.0. The molecule has 1 amide bonds. The molecule has 2 heterocycles. The third-order valence-corrected chi connectivity index (χ3v) is 5.96. The number of carbonyl (C=O) groups excluding carboxylic acids is 1. The number of aryl methyl sites for hydroxylation is 1. The predicted molar refractivity (Wildman–Crippen MR) is 128 cm³/mol. The molecule has 6 nitrogen and oxygen atoms in total. The van der Waals surface area contributed by atoms with Crippen LogP contribution in [0.2, 0.25) is 0 Å². The van der Waals surface area contributed by atoms with Crippen molar-refractivity contribution in [2.45, 2.75) is 24.8 Å². The van der Waals surface area contributed by atoms with Gasteiger partial charge in [-0.3, -0.25) is 4.79 Å². The number of hydrogen-bond acceptors (Lipinski definition) is 5. The molecule has 0 aliphatic carbocycles. The number of rotatable bonds is 10. The molecule has 4 rings (SSSR count). The number of benzene rings is 2. The zero-order valence-corrected chi connectivity index (χ0v) is 18.8. The lowest BCUT2D eigenvalue weighted by atomic mass is 10.1. The number of hydrogen-bond donors (Lipinski definition) is 1. The lowest BCUT2D eigenvalue weighted by molar-refractivity contribution is -0.118. The molecular formula is C25H26N4O2S. The Balaban J connectivity index is 1.33. The van der Waals surface area contributed by atoms with Gasteiger partial charge in [0.15, 0.2) is 0 Å². The van der Waals surface area contributed by atoms with Crippen molar-refractivity contribution in [2.75, 3.05) is 18.9 Å². The van der Waals surface area contributed by atoms with Crippen LogP contribution in [0.4, 0.5) is 0 Å². The molecule has 0 fully saturated rings. The third kappa shape index (κ3) is 5.68. The predicted octanol–water partition coefficient (Wildman–Crippen LogP) is 4.64. The topological polar surface area (TPSA) is 68.5 Å². The van der Waals surface area contributed by atoms with E-state index in [9.17, 15) is 4.79 Å². The Morgan fingerprint density at radius 2 is 1.94 bits per heavy atom. The molecule has 0 saturated heterocycles. The quantitative estimate of drug-likeness (QED) is 0.284. The minimum Gasteiger partial charge on any atom is -0.494 e. The minimum absolute atomic E-state index is 0.0121. The molecular weight excluding hydrogens is 420 g/mol. The highest BCUT2D eigenvalue weighted by molar-refractivity contribution is 8.00. The molecule has 2 aromatic heterocycles. The smallest absolute Gasteiger partial charge is 0.230 e. The van der Waals surface area contributed by atoms with Crippen LogP contribution in [0.1, 0.15) is 18.9 Å². The molecule has 32 heavy (non-hydrogen) atoms. The Bertz CT molecular complexity index is 1160. The summed E-state index contributed by atoms with van der Waals surface area (Å²) in [5.74, 6) is 1.17. The van der Waals surface area contributed by atoms with E-state index in [1.165, 1.54) is 17.3 Å². The van der Waals surface area contributed by atoms with Gasteiger partial charge in [0.25, 0.3) is 0 Å². The van der Waals surface area contributed by atoms with Gasteiger partial charge >= 0.3 is 0 Å². The Morgan fingerprint density at radius 1 is 1.12 bits per heavy atom. The maximum absolute atomic E-state index is 12.3. The molecule has 0 radical (unpaired) electrons. The highest BCUT2D eigenvalue weighted by atomic mass is 32.2. The van der Waals surface area contributed by atoms with E-state index in [4.69, 9.17) is 4.74 Å². The molecule has 2 aromatic carbocycles. The largest absolute Gasteiger partial charge is 0.494 e. The van der Waals surface area contributed by atoms with E-state index in [0.717, 1.165) is 40.4 Å². The Labute approximate surface area is 192 Å². The number of amides is 1. The number of fused-ring (bicyclic) bond motifs is 1. The van der Waals surface area contributed by atoms with Crippen LogP contribution in [0, 0.1) is 0 Å². The fourth-order valence-corrected chi connectivity index (χ4v) is 4.19. The van der Waals surface area contributed by atoms with Crippen LogP contribution in [0.25, 0.3) is 16.8 Å². The van der Waals surface area contributed by atoms with Crippen molar-refractivity contribution in [2.24, 2.45) is 0 Å². The van der Waals surface area contributed by atoms with Crippen molar-refractivity contribution in [3.63, 3.8) is 0 Å². The Kier molecular flexibility index (Phi) is 7.40. The van der Waals surface area contributed by atoms with E-state index < -0.39 is 0 Å². The van der Waals surface area contributed by atoms with Gasteiger partial charge in [0.05, 0.1) is 23.6 Å². The summed E-state index contributed by atoms with van der Waals surface area (Å²) in [6, 6.07) is 20.2. The first-order valence-electron chi connectivity index (χ1n) is 10.7. The van der Waals surface area contributed by atoms with E-state index in [1.807, 2.05) is 61.7 Å². The maximum atomic E-state index is 12.3. The summed E-state index contributed by atoms with van der Waals surface area (Å²) >= 11 is 1.43. The highest BCUT2D eigenvalue weighted by Crippen LogP contribution is 2.27. The molecule has 4 aromatic rings. The summed E-state index contributed by atoms with van der Waals surface area (Å²) in [7, 11) is 0. The Hall–Kier alpha value is -3.32. The summed E-state index contributed by atoms with van der Waals surface area (Å²) in [6.45, 7) is 3.27. The molecule has 0 bridgehead atoms. The van der Waals surface area contributed by atoms with E-state index in [1.54, 1.807) is 10.7 Å². The van der Waals surface area contributed by atoms with Gasteiger partial charge in [-0.25, -0.2) is 9.50 Å². The lowest BCUT2D eigenvalue weighted by Crippen LogP contribution is -2.26. The zero-order chi connectivity index (χ0) is 22.2. The number of thioether (sulfide) groups is 1. The van der Waals surface area contributed by atoms with Crippen molar-refractivity contribution in [3.8, 4) is 17.0 Å². The molecule has 1 N–H and O–H groups in total. The second-order valence-electron chi connectivity index (χ2n) is 7.28. The summed E-state index contributed by atoms with van der Waals surface area (Å²) in [5, 5.41) is 8.44. The number of carbonyl (C=O) groups is 1. The average Bonchev–Trinajstić information content (AvgIpc) is 3.27. The van der Waals surface area contributed by atoms with E-state index >= 15 is 0 Å². The second-order valence-corrected chi connectivity index (χ2v) is 8.24. The van der Waals surface area contributed by atoms with Gasteiger partial charge in [-0.15, -0.1) is 0 Å². The van der Waals surface area contributed by atoms with Crippen molar-refractivity contribution >= 4 is 23.2 Å². The van der Waals surface area contributed by atoms with Crippen molar-refractivity contribution in [3.05, 3.63) is 78.6 Å². The first-order chi connectivity index (χ1) is 15.7. The fraction of sp³-hybridized carbons (Fsp3) is 0.240. The third-order valence-electron chi connectivity index (χ3n) is 4.96. The number of nitrogens with one attached hydrogen (secondary N) is 1. The van der Waals surface area contributed by atoms with Gasteiger partial charge in [0.1, 0.15) is 10.8 Å². The normalized spacial score (nSPS) is 10.9. The van der Waals surface area contributed by atoms with Crippen LogP contribution in [0.15, 0.2) is 78.1 Å². The lowest BCUT2D eigenvalue weighted by Gasteiger charge is -2.06. The molecule has 0 unspecified atom stereocenters. The molecule has 7 heteroatoms. The summed E-state index contributed by atoms with van der Waals surface area (Å²) in [6.07, 6.45) is 5.41. The maximum Gasteiger partial charge on any atom is 0.230 e. The first-order valence-corrected chi connectivity index (χ1v) is 11.7. The van der Waals surface area contributed by atoms with Gasteiger partial charge < -0.3 is 10.1 Å². The SMILES string of the molecule is CCOc1ccc(-c2cc3c(SCC(=O)NCCCc4ccccc4)nccn3n2)cc1. The van der Waals surface area contributed by atoms with Gasteiger partial charge in [-0.2, -0.15) is 5.10 Å². The minimum atomic E-state index is 0.0121. The van der Waals surface area contributed by atoms with E-state index in [0.29, 0.717) is 18.9 Å². The van der Waals surface area contributed by atoms with E-state index in [2.05, 4.69) is 27.5 Å². The highest BCUT2D eigenvalue weighted by Gasteiger charge is 2.11. The van der Waals surface area contributed by atoms with Gasteiger partial charge in [-0.1, -0.05) is 42.1 Å². The average molecular weight is 447 g/mol. The van der Waals surface area contributed by atoms with Gasteiger partial charge in [0.2, 0.25) is 5.91 Å². The van der Waals surface area contributed by atoms with Gasteiger partial charge in [-0.05, 0) is 55.7 Å². The molecule has 0 saturated carbocycles. The summed E-state index contributed by atoms with van der Waals surface area (Å²) in [4.78, 5) is 16.7. The summed E-state index contributed by atoms with van der Waals surface area (Å²) < 4.78 is 7.31. The molecule has 0 aliphatic rings. The Morgan fingerprint density at radius 3 is 2.72 bits per heavy atom. The second kappa shape index (κ2) is 10.8. The van der Waals surface area contributed by atoms with Gasteiger partial charge in [0, 0.05) is 24.5 Å². The van der Waals surface area contributed by atoms with Crippen molar-refractivity contribution in [1.29, 1.82) is 0 Å². The monoisotopic (exact) mass is 446 g/mol. The summed E-state index contributed by atoms with van der Waals surface area (Å²) in [5.41, 5.74) is 4.03. The van der Waals surface area contributed by atoms with E-state index in [-0.39, 0.29) is 5.91 Å². The van der Waals surface area contributed by atoms with Crippen LogP contribution in [-0.4, -0.2) is 39.4 Å². The van der Waals surface area contributed by atoms with Crippen LogP contribution < -0.4 is 10.1 Å². The first kappa shape index (κ1) is 21.9. The van der Waals surface area contributed by atoms with Crippen LogP contribution in [0.5, 0.6) is 5.75 Å². The fourth-order valence-electron chi connectivity index (χ4n) is 3.39. The molecule has 164 valence electrons. The number of nitrogens with zero attached hydrogens (tertiary/aromatic N) is 3. The van der Waals surface area contributed by atoms with Crippen molar-refractivity contribution < 1.29 is 9.53 Å². The molecule has 0 aliphatic heterocycles. The molecule has 0 spiro atoms. The van der Waals surface area contributed by atoms with Crippen LogP contribution in [0.3, 0.4) is 0 Å². The number of aromatic nitrogens is 3. The van der Waals surface area contributed by atoms with Crippen molar-refractivity contribution in [1.82, 2.24) is 19.9 Å². The van der Waals surface area contributed by atoms with Crippen LogP contribution >= 0.6 is 11.8 Å². The standard InChI is InChI=1S/C25H26N4O2S/c1-2-31-21-12-10-20(11-13-21)22-17-23-25(27-15-16-29(23)28-22)32-18-24(30)26-14-6-9-19-7-4-3-5-8-19/h3-5,7-8,10-13,15-17H,2,6,9,14,18H2,1H3,(H,26,30). The van der Waals surface area contributed by atoms with Crippen LogP contribution in [-0.2, 0) is 11.2 Å². The number of ether oxygens (including phenoxy) is 1. The molecule has 0 atom stereocenters.